The van der Waals surface area contributed by atoms with Crippen molar-refractivity contribution < 1.29 is 14.6 Å². The zero-order valence-electron chi connectivity index (χ0n) is 15.6. The lowest BCUT2D eigenvalue weighted by atomic mass is 10.2. The molecular formula is C20H20N6O3. The standard InChI is InChI=1S/C20H20N6O3/c27-17(28)15-8-4-5-9-16(15)22-19-23-18(21-14-6-2-1-3-7-14)24-20(25-19)26-10-12-29-13-11-26/h1-9H,10-13H2,(H,27,28)(H2,21,22,23,24,25). The van der Waals surface area contributed by atoms with Gasteiger partial charge in [-0.2, -0.15) is 15.0 Å². The van der Waals surface area contributed by atoms with E-state index >= 15 is 0 Å². The first-order valence-corrected chi connectivity index (χ1v) is 9.19. The molecule has 1 fully saturated rings. The number of rotatable bonds is 6. The zero-order valence-corrected chi connectivity index (χ0v) is 15.6. The van der Waals surface area contributed by atoms with Gasteiger partial charge in [0.25, 0.3) is 0 Å². The second-order valence-electron chi connectivity index (χ2n) is 6.35. The van der Waals surface area contributed by atoms with E-state index in [1.807, 2.05) is 35.2 Å². The minimum absolute atomic E-state index is 0.137. The fraction of sp³-hybridized carbons (Fsp3) is 0.200. The lowest BCUT2D eigenvalue weighted by Gasteiger charge is -2.27. The molecule has 3 N–H and O–H groups in total. The molecule has 0 unspecified atom stereocenters. The van der Waals surface area contributed by atoms with Gasteiger partial charge in [-0.15, -0.1) is 0 Å². The largest absolute Gasteiger partial charge is 0.478 e. The van der Waals surface area contributed by atoms with Crippen LogP contribution in [0.4, 0.5) is 29.2 Å². The van der Waals surface area contributed by atoms with Crippen molar-refractivity contribution in [3.8, 4) is 0 Å². The third kappa shape index (κ3) is 4.58. The molecule has 9 heteroatoms. The average molecular weight is 392 g/mol. The maximum Gasteiger partial charge on any atom is 0.337 e. The van der Waals surface area contributed by atoms with Crippen LogP contribution in [0.5, 0.6) is 0 Å². The number of hydrogen-bond acceptors (Lipinski definition) is 8. The summed E-state index contributed by atoms with van der Waals surface area (Å²) in [5.74, 6) is 0.0897. The fourth-order valence-corrected chi connectivity index (χ4v) is 2.93. The van der Waals surface area contributed by atoms with Crippen LogP contribution >= 0.6 is 0 Å². The highest BCUT2D eigenvalue weighted by molar-refractivity contribution is 5.94. The number of aromatic nitrogens is 3. The molecule has 0 amide bonds. The number of carboxylic acid groups (broad SMARTS) is 1. The van der Waals surface area contributed by atoms with E-state index in [4.69, 9.17) is 4.74 Å². The third-order valence-electron chi connectivity index (χ3n) is 4.35. The Morgan fingerprint density at radius 3 is 2.28 bits per heavy atom. The molecule has 4 rings (SSSR count). The monoisotopic (exact) mass is 392 g/mol. The number of aromatic carboxylic acids is 1. The van der Waals surface area contributed by atoms with Gasteiger partial charge in [-0.1, -0.05) is 30.3 Å². The molecule has 3 aromatic rings. The Morgan fingerprint density at radius 2 is 1.55 bits per heavy atom. The van der Waals surface area contributed by atoms with Gasteiger partial charge in [-0.3, -0.25) is 0 Å². The summed E-state index contributed by atoms with van der Waals surface area (Å²) in [4.78, 5) is 27.0. The minimum atomic E-state index is -1.03. The third-order valence-corrected chi connectivity index (χ3v) is 4.35. The summed E-state index contributed by atoms with van der Waals surface area (Å²) in [6.45, 7) is 2.52. The molecule has 1 aliphatic heterocycles. The molecule has 1 aliphatic rings. The second-order valence-corrected chi connectivity index (χ2v) is 6.35. The van der Waals surface area contributed by atoms with Gasteiger partial charge in [-0.25, -0.2) is 4.79 Å². The Balaban J connectivity index is 1.68. The van der Waals surface area contributed by atoms with Crippen molar-refractivity contribution in [3.05, 3.63) is 60.2 Å². The highest BCUT2D eigenvalue weighted by atomic mass is 16.5. The van der Waals surface area contributed by atoms with E-state index in [0.29, 0.717) is 43.9 Å². The fourth-order valence-electron chi connectivity index (χ4n) is 2.93. The van der Waals surface area contributed by atoms with E-state index < -0.39 is 5.97 Å². The summed E-state index contributed by atoms with van der Waals surface area (Å²) in [5, 5.41) is 15.6. The smallest absolute Gasteiger partial charge is 0.337 e. The van der Waals surface area contributed by atoms with Crippen molar-refractivity contribution >= 4 is 35.2 Å². The molecule has 2 heterocycles. The Hall–Kier alpha value is -3.72. The number of morpholine rings is 1. The number of carbonyl (C=O) groups is 1. The Kier molecular flexibility index (Phi) is 5.48. The lowest BCUT2D eigenvalue weighted by molar-refractivity contribution is 0.0698. The van der Waals surface area contributed by atoms with Crippen LogP contribution in [-0.2, 0) is 4.74 Å². The van der Waals surface area contributed by atoms with Crippen LogP contribution < -0.4 is 15.5 Å². The summed E-state index contributed by atoms with van der Waals surface area (Å²) in [6, 6.07) is 16.2. The first kappa shape index (κ1) is 18.6. The van der Waals surface area contributed by atoms with E-state index in [1.165, 1.54) is 6.07 Å². The van der Waals surface area contributed by atoms with E-state index in [1.54, 1.807) is 18.2 Å². The molecular weight excluding hydrogens is 372 g/mol. The number of anilines is 5. The molecule has 1 aromatic heterocycles. The molecule has 0 bridgehead atoms. The maximum atomic E-state index is 11.5. The molecule has 0 spiro atoms. The van der Waals surface area contributed by atoms with Gasteiger partial charge < -0.3 is 25.4 Å². The summed E-state index contributed by atoms with van der Waals surface area (Å²) in [7, 11) is 0. The van der Waals surface area contributed by atoms with Gasteiger partial charge in [0.05, 0.1) is 24.5 Å². The maximum absolute atomic E-state index is 11.5. The molecule has 0 radical (unpaired) electrons. The molecule has 2 aromatic carbocycles. The predicted octanol–water partition coefficient (Wildman–Crippen LogP) is 2.89. The SMILES string of the molecule is O=C(O)c1ccccc1Nc1nc(Nc2ccccc2)nc(N2CCOCC2)n1. The topological polar surface area (TPSA) is 112 Å². The van der Waals surface area contributed by atoms with Crippen molar-refractivity contribution in [1.82, 2.24) is 15.0 Å². The van der Waals surface area contributed by atoms with Gasteiger partial charge in [0.2, 0.25) is 17.8 Å². The van der Waals surface area contributed by atoms with Crippen LogP contribution in [0, 0.1) is 0 Å². The van der Waals surface area contributed by atoms with Crippen LogP contribution in [0.2, 0.25) is 0 Å². The van der Waals surface area contributed by atoms with E-state index in [-0.39, 0.29) is 11.5 Å². The predicted molar refractivity (Wildman–Crippen MR) is 109 cm³/mol. The van der Waals surface area contributed by atoms with E-state index in [0.717, 1.165) is 5.69 Å². The Morgan fingerprint density at radius 1 is 0.897 bits per heavy atom. The Labute approximate surface area is 167 Å². The number of ether oxygens (including phenoxy) is 1. The molecule has 0 atom stereocenters. The molecule has 1 saturated heterocycles. The average Bonchev–Trinajstić information content (AvgIpc) is 2.75. The summed E-state index contributed by atoms with van der Waals surface area (Å²) in [6.07, 6.45) is 0. The molecule has 29 heavy (non-hydrogen) atoms. The van der Waals surface area contributed by atoms with Crippen molar-refractivity contribution in [3.63, 3.8) is 0 Å². The molecule has 0 saturated carbocycles. The number of hydrogen-bond donors (Lipinski definition) is 3. The van der Waals surface area contributed by atoms with E-state index in [9.17, 15) is 9.90 Å². The highest BCUT2D eigenvalue weighted by Gasteiger charge is 2.18. The van der Waals surface area contributed by atoms with Gasteiger partial charge in [-0.05, 0) is 24.3 Å². The number of para-hydroxylation sites is 2. The van der Waals surface area contributed by atoms with Crippen molar-refractivity contribution in [2.45, 2.75) is 0 Å². The quantitative estimate of drug-likeness (QED) is 0.583. The zero-order chi connectivity index (χ0) is 20.1. The summed E-state index contributed by atoms with van der Waals surface area (Å²) >= 11 is 0. The van der Waals surface area contributed by atoms with Gasteiger partial charge in [0, 0.05) is 18.8 Å². The van der Waals surface area contributed by atoms with Crippen LogP contribution in [0.15, 0.2) is 54.6 Å². The van der Waals surface area contributed by atoms with Crippen LogP contribution in [-0.4, -0.2) is 52.3 Å². The van der Waals surface area contributed by atoms with Crippen molar-refractivity contribution in [2.75, 3.05) is 41.8 Å². The van der Waals surface area contributed by atoms with Crippen LogP contribution in [0.3, 0.4) is 0 Å². The minimum Gasteiger partial charge on any atom is -0.478 e. The number of nitrogens with one attached hydrogen (secondary N) is 2. The second kappa shape index (κ2) is 8.53. The normalized spacial score (nSPS) is 13.7. The van der Waals surface area contributed by atoms with Gasteiger partial charge >= 0.3 is 5.97 Å². The molecule has 148 valence electrons. The lowest BCUT2D eigenvalue weighted by Crippen LogP contribution is -2.37. The van der Waals surface area contributed by atoms with Crippen LogP contribution in [0.25, 0.3) is 0 Å². The van der Waals surface area contributed by atoms with Crippen molar-refractivity contribution in [1.29, 1.82) is 0 Å². The van der Waals surface area contributed by atoms with Gasteiger partial charge in [0.15, 0.2) is 0 Å². The Bertz CT molecular complexity index is 993. The van der Waals surface area contributed by atoms with Crippen LogP contribution in [0.1, 0.15) is 10.4 Å². The molecule has 9 nitrogen and oxygen atoms in total. The first-order chi connectivity index (χ1) is 14.2. The van der Waals surface area contributed by atoms with E-state index in [2.05, 4.69) is 25.6 Å². The summed E-state index contributed by atoms with van der Waals surface area (Å²) in [5.41, 5.74) is 1.38. The summed E-state index contributed by atoms with van der Waals surface area (Å²) < 4.78 is 5.41. The molecule has 0 aliphatic carbocycles. The van der Waals surface area contributed by atoms with Gasteiger partial charge in [0.1, 0.15) is 0 Å². The number of nitrogens with zero attached hydrogens (tertiary/aromatic N) is 4. The number of carboxylic acids is 1. The van der Waals surface area contributed by atoms with Crippen molar-refractivity contribution in [2.24, 2.45) is 0 Å². The number of benzene rings is 2. The highest BCUT2D eigenvalue weighted by Crippen LogP contribution is 2.23. The first-order valence-electron chi connectivity index (χ1n) is 9.19.